The second-order valence-electron chi connectivity index (χ2n) is 2.64. The van der Waals surface area contributed by atoms with Crippen LogP contribution in [0.2, 0.25) is 0 Å². The molecular formula is C8H14O4S. The van der Waals surface area contributed by atoms with E-state index in [0.717, 1.165) is 0 Å². The molecule has 0 bridgehead atoms. The molecule has 0 aromatic carbocycles. The second-order valence-corrected chi connectivity index (χ2v) is 3.79. The standard InChI is InChI=1S/C8H14O4S/c1-6(8(10)11)5-13-4-3-7(9)12-2/h6H,3-5H2,1-2H3,(H,10,11). The molecule has 5 heteroatoms. The van der Waals surface area contributed by atoms with E-state index in [9.17, 15) is 9.59 Å². The van der Waals surface area contributed by atoms with E-state index < -0.39 is 5.97 Å². The summed E-state index contributed by atoms with van der Waals surface area (Å²) < 4.78 is 4.44. The number of thioether (sulfide) groups is 1. The number of carbonyl (C=O) groups is 2. The van der Waals surface area contributed by atoms with Gasteiger partial charge in [-0.1, -0.05) is 6.92 Å². The maximum atomic E-state index is 10.6. The molecule has 0 aromatic rings. The van der Waals surface area contributed by atoms with Gasteiger partial charge in [0.2, 0.25) is 0 Å². The number of hydrogen-bond donors (Lipinski definition) is 1. The van der Waals surface area contributed by atoms with Gasteiger partial charge in [-0.2, -0.15) is 11.8 Å². The first-order chi connectivity index (χ1) is 6.07. The monoisotopic (exact) mass is 206 g/mol. The highest BCUT2D eigenvalue weighted by Gasteiger charge is 2.10. The van der Waals surface area contributed by atoms with Crippen LogP contribution in [0.1, 0.15) is 13.3 Å². The van der Waals surface area contributed by atoms with E-state index in [-0.39, 0.29) is 11.9 Å². The molecule has 0 aliphatic heterocycles. The zero-order valence-electron chi connectivity index (χ0n) is 7.78. The molecule has 0 heterocycles. The third kappa shape index (κ3) is 6.45. The summed E-state index contributed by atoms with van der Waals surface area (Å²) in [4.78, 5) is 21.0. The van der Waals surface area contributed by atoms with Crippen LogP contribution in [0.3, 0.4) is 0 Å². The van der Waals surface area contributed by atoms with Crippen LogP contribution in [0.5, 0.6) is 0 Å². The smallest absolute Gasteiger partial charge is 0.307 e. The quantitative estimate of drug-likeness (QED) is 0.519. The topological polar surface area (TPSA) is 63.6 Å². The fourth-order valence-corrected chi connectivity index (χ4v) is 1.56. The summed E-state index contributed by atoms with van der Waals surface area (Å²) in [7, 11) is 1.34. The Morgan fingerprint density at radius 2 is 2.15 bits per heavy atom. The van der Waals surface area contributed by atoms with Crippen molar-refractivity contribution in [3.8, 4) is 0 Å². The second kappa shape index (κ2) is 6.77. The Bertz CT molecular complexity index is 181. The SMILES string of the molecule is COC(=O)CCSCC(C)C(=O)O. The largest absolute Gasteiger partial charge is 0.481 e. The van der Waals surface area contributed by atoms with Gasteiger partial charge in [0.15, 0.2) is 0 Å². The van der Waals surface area contributed by atoms with Gasteiger partial charge in [-0.05, 0) is 0 Å². The van der Waals surface area contributed by atoms with Crippen LogP contribution in [0.25, 0.3) is 0 Å². The van der Waals surface area contributed by atoms with Crippen molar-refractivity contribution in [1.29, 1.82) is 0 Å². The minimum atomic E-state index is -0.800. The highest BCUT2D eigenvalue weighted by Crippen LogP contribution is 2.09. The van der Waals surface area contributed by atoms with Gasteiger partial charge in [-0.15, -0.1) is 0 Å². The van der Waals surface area contributed by atoms with E-state index in [2.05, 4.69) is 4.74 Å². The first-order valence-corrected chi connectivity index (χ1v) is 5.10. The van der Waals surface area contributed by atoms with Gasteiger partial charge in [0.1, 0.15) is 0 Å². The molecule has 13 heavy (non-hydrogen) atoms. The maximum Gasteiger partial charge on any atom is 0.307 e. The number of ether oxygens (including phenoxy) is 1. The van der Waals surface area contributed by atoms with E-state index in [1.165, 1.54) is 18.9 Å². The van der Waals surface area contributed by atoms with Crippen molar-refractivity contribution in [1.82, 2.24) is 0 Å². The van der Waals surface area contributed by atoms with Crippen LogP contribution in [0, 0.1) is 5.92 Å². The van der Waals surface area contributed by atoms with E-state index in [4.69, 9.17) is 5.11 Å². The molecule has 0 aliphatic carbocycles. The Morgan fingerprint density at radius 3 is 2.62 bits per heavy atom. The number of carboxylic acids is 1. The van der Waals surface area contributed by atoms with Crippen LogP contribution in [0.4, 0.5) is 0 Å². The summed E-state index contributed by atoms with van der Waals surface area (Å²) in [6, 6.07) is 0. The Labute approximate surface area is 81.6 Å². The Morgan fingerprint density at radius 1 is 1.54 bits per heavy atom. The van der Waals surface area contributed by atoms with Crippen molar-refractivity contribution < 1.29 is 19.4 Å². The molecular weight excluding hydrogens is 192 g/mol. The molecule has 0 saturated heterocycles. The van der Waals surface area contributed by atoms with E-state index in [1.807, 2.05) is 0 Å². The van der Waals surface area contributed by atoms with Crippen LogP contribution < -0.4 is 0 Å². The van der Waals surface area contributed by atoms with E-state index in [0.29, 0.717) is 17.9 Å². The molecule has 0 aliphatic rings. The maximum absolute atomic E-state index is 10.6. The first-order valence-electron chi connectivity index (χ1n) is 3.95. The first kappa shape index (κ1) is 12.3. The van der Waals surface area contributed by atoms with Crippen molar-refractivity contribution in [2.75, 3.05) is 18.6 Å². The minimum Gasteiger partial charge on any atom is -0.481 e. The molecule has 76 valence electrons. The zero-order valence-corrected chi connectivity index (χ0v) is 8.60. The average molecular weight is 206 g/mol. The molecule has 1 N–H and O–H groups in total. The average Bonchev–Trinajstić information content (AvgIpc) is 2.11. The Kier molecular flexibility index (Phi) is 6.40. The van der Waals surface area contributed by atoms with Crippen molar-refractivity contribution in [2.45, 2.75) is 13.3 Å². The van der Waals surface area contributed by atoms with E-state index in [1.54, 1.807) is 6.92 Å². The molecule has 0 aromatic heterocycles. The predicted octanol–water partition coefficient (Wildman–Crippen LogP) is 1.00. The lowest BCUT2D eigenvalue weighted by Crippen LogP contribution is -2.12. The normalized spacial score (nSPS) is 12.2. The lowest BCUT2D eigenvalue weighted by Gasteiger charge is -2.04. The van der Waals surface area contributed by atoms with Gasteiger partial charge in [0.25, 0.3) is 0 Å². The summed E-state index contributed by atoms with van der Waals surface area (Å²) in [6.45, 7) is 1.65. The molecule has 0 fully saturated rings. The van der Waals surface area contributed by atoms with Crippen LogP contribution >= 0.6 is 11.8 Å². The molecule has 0 saturated carbocycles. The summed E-state index contributed by atoms with van der Waals surface area (Å²) in [5.74, 6) is -0.264. The van der Waals surface area contributed by atoms with Gasteiger partial charge in [-0.3, -0.25) is 9.59 Å². The molecule has 1 atom stereocenters. The molecule has 0 spiro atoms. The van der Waals surface area contributed by atoms with Crippen LogP contribution in [-0.2, 0) is 14.3 Å². The fourth-order valence-electron chi connectivity index (χ4n) is 0.589. The Balaban J connectivity index is 3.35. The number of carbonyl (C=O) groups excluding carboxylic acids is 1. The van der Waals surface area contributed by atoms with Crippen molar-refractivity contribution >= 4 is 23.7 Å². The summed E-state index contributed by atoms with van der Waals surface area (Å²) >= 11 is 1.45. The lowest BCUT2D eigenvalue weighted by molar-refractivity contribution is -0.141. The summed E-state index contributed by atoms with van der Waals surface area (Å²) in [5.41, 5.74) is 0. The van der Waals surface area contributed by atoms with Crippen LogP contribution in [-0.4, -0.2) is 35.7 Å². The molecule has 0 radical (unpaired) electrons. The molecule has 0 amide bonds. The fraction of sp³-hybridized carbons (Fsp3) is 0.750. The van der Waals surface area contributed by atoms with Crippen LogP contribution in [0.15, 0.2) is 0 Å². The number of rotatable bonds is 6. The molecule has 1 unspecified atom stereocenters. The van der Waals surface area contributed by atoms with Crippen molar-refractivity contribution in [3.05, 3.63) is 0 Å². The highest BCUT2D eigenvalue weighted by molar-refractivity contribution is 7.99. The van der Waals surface area contributed by atoms with Gasteiger partial charge in [0.05, 0.1) is 19.4 Å². The summed E-state index contributed by atoms with van der Waals surface area (Å²) in [5, 5.41) is 8.53. The predicted molar refractivity (Wildman–Crippen MR) is 50.8 cm³/mol. The number of hydrogen-bond acceptors (Lipinski definition) is 4. The third-order valence-electron chi connectivity index (χ3n) is 1.47. The number of carboxylic acid groups (broad SMARTS) is 1. The number of esters is 1. The number of aliphatic carboxylic acids is 1. The van der Waals surface area contributed by atoms with Gasteiger partial charge < -0.3 is 9.84 Å². The third-order valence-corrected chi connectivity index (χ3v) is 2.70. The molecule has 0 rings (SSSR count). The van der Waals surface area contributed by atoms with Crippen molar-refractivity contribution in [3.63, 3.8) is 0 Å². The number of methoxy groups -OCH3 is 1. The summed E-state index contributed by atoms with van der Waals surface area (Å²) in [6.07, 6.45) is 0.341. The van der Waals surface area contributed by atoms with Gasteiger partial charge in [0, 0.05) is 11.5 Å². The highest BCUT2D eigenvalue weighted by atomic mass is 32.2. The minimum absolute atomic E-state index is 0.254. The van der Waals surface area contributed by atoms with Gasteiger partial charge >= 0.3 is 11.9 Å². The Hall–Kier alpha value is -0.710. The molecule has 4 nitrogen and oxygen atoms in total. The van der Waals surface area contributed by atoms with Crippen molar-refractivity contribution in [2.24, 2.45) is 5.92 Å². The van der Waals surface area contributed by atoms with Gasteiger partial charge in [-0.25, -0.2) is 0 Å². The lowest BCUT2D eigenvalue weighted by atomic mass is 10.2. The van der Waals surface area contributed by atoms with E-state index >= 15 is 0 Å². The zero-order chi connectivity index (χ0) is 10.3.